The van der Waals surface area contributed by atoms with Gasteiger partial charge in [-0.1, -0.05) is 25.1 Å². The molecule has 16 heavy (non-hydrogen) atoms. The zero-order chi connectivity index (χ0) is 12.3. The number of carbonyl (C=O) groups is 1. The van der Waals surface area contributed by atoms with E-state index in [1.807, 2.05) is 26.0 Å². The van der Waals surface area contributed by atoms with Gasteiger partial charge in [0.15, 0.2) is 0 Å². The van der Waals surface area contributed by atoms with Gasteiger partial charge in [0.2, 0.25) is 0 Å². The molecule has 0 aromatic heterocycles. The number of rotatable bonds is 4. The Morgan fingerprint density at radius 1 is 1.38 bits per heavy atom. The maximum atomic E-state index is 11.3. The van der Waals surface area contributed by atoms with Gasteiger partial charge in [-0.2, -0.15) is 0 Å². The molecular weight excluding hydrogens is 200 g/mol. The number of hydrogen-bond acceptors (Lipinski definition) is 1. The molecule has 0 bridgehead atoms. The lowest BCUT2D eigenvalue weighted by molar-refractivity contribution is -0.148. The molecule has 0 radical (unpaired) electrons. The summed E-state index contributed by atoms with van der Waals surface area (Å²) in [7, 11) is 0. The van der Waals surface area contributed by atoms with Gasteiger partial charge in [0.1, 0.15) is 0 Å². The maximum Gasteiger partial charge on any atom is 0.309 e. The molecule has 1 aromatic carbocycles. The number of carboxylic acid groups (broad SMARTS) is 1. The molecule has 1 N–H and O–H groups in total. The molecule has 0 amide bonds. The van der Waals surface area contributed by atoms with Crippen LogP contribution in [0.2, 0.25) is 0 Å². The van der Waals surface area contributed by atoms with Gasteiger partial charge in [-0.3, -0.25) is 4.79 Å². The number of hydrogen-bond donors (Lipinski definition) is 1. The van der Waals surface area contributed by atoms with Crippen molar-refractivity contribution in [3.8, 4) is 0 Å². The van der Waals surface area contributed by atoms with Crippen molar-refractivity contribution in [3.63, 3.8) is 0 Å². The van der Waals surface area contributed by atoms with E-state index in [4.69, 9.17) is 0 Å². The predicted molar refractivity (Wildman–Crippen MR) is 65.7 cm³/mol. The highest BCUT2D eigenvalue weighted by molar-refractivity contribution is 5.74. The van der Waals surface area contributed by atoms with Gasteiger partial charge in [-0.05, 0) is 50.3 Å². The summed E-state index contributed by atoms with van der Waals surface area (Å²) in [5, 5.41) is 9.25. The molecule has 1 rings (SSSR count). The summed E-state index contributed by atoms with van der Waals surface area (Å²) < 4.78 is 0. The lowest BCUT2D eigenvalue weighted by atomic mass is 9.80. The van der Waals surface area contributed by atoms with Crippen LogP contribution in [0.25, 0.3) is 0 Å². The second-order valence-electron chi connectivity index (χ2n) is 4.76. The van der Waals surface area contributed by atoms with Crippen LogP contribution in [0.1, 0.15) is 37.0 Å². The van der Waals surface area contributed by atoms with Crippen molar-refractivity contribution < 1.29 is 9.90 Å². The fourth-order valence-electron chi connectivity index (χ4n) is 1.78. The molecule has 0 aliphatic heterocycles. The van der Waals surface area contributed by atoms with Crippen LogP contribution in [-0.2, 0) is 11.2 Å². The quantitative estimate of drug-likeness (QED) is 0.845. The van der Waals surface area contributed by atoms with Crippen LogP contribution in [0, 0.1) is 19.3 Å². The van der Waals surface area contributed by atoms with Crippen LogP contribution in [0.4, 0.5) is 0 Å². The molecule has 88 valence electrons. The molecule has 2 nitrogen and oxygen atoms in total. The number of carboxylic acids is 1. The largest absolute Gasteiger partial charge is 0.481 e. The SMILES string of the molecule is CCC(C)(Cc1cccc(C)c1C)C(=O)O. The third kappa shape index (κ3) is 2.43. The van der Waals surface area contributed by atoms with Crippen LogP contribution in [0.3, 0.4) is 0 Å². The van der Waals surface area contributed by atoms with E-state index in [2.05, 4.69) is 19.9 Å². The fraction of sp³-hybridized carbons (Fsp3) is 0.500. The van der Waals surface area contributed by atoms with Crippen LogP contribution in [-0.4, -0.2) is 11.1 Å². The molecule has 2 heteroatoms. The molecule has 1 atom stereocenters. The van der Waals surface area contributed by atoms with Crippen molar-refractivity contribution in [1.82, 2.24) is 0 Å². The first-order valence-corrected chi connectivity index (χ1v) is 5.69. The van der Waals surface area contributed by atoms with E-state index in [-0.39, 0.29) is 0 Å². The molecule has 0 aliphatic carbocycles. The molecule has 1 aromatic rings. The van der Waals surface area contributed by atoms with E-state index in [0.29, 0.717) is 12.8 Å². The Balaban J connectivity index is 3.04. The standard InChI is InChI=1S/C14H20O2/c1-5-14(4,13(15)16)9-12-8-6-7-10(2)11(12)3/h6-8H,5,9H2,1-4H3,(H,15,16). The van der Waals surface area contributed by atoms with Gasteiger partial charge < -0.3 is 5.11 Å². The Morgan fingerprint density at radius 2 is 2.00 bits per heavy atom. The highest BCUT2D eigenvalue weighted by atomic mass is 16.4. The van der Waals surface area contributed by atoms with Gasteiger partial charge in [-0.15, -0.1) is 0 Å². The molecule has 0 saturated carbocycles. The summed E-state index contributed by atoms with van der Waals surface area (Å²) in [6.45, 7) is 7.86. The van der Waals surface area contributed by atoms with Crippen molar-refractivity contribution in [2.75, 3.05) is 0 Å². The molecule has 0 aliphatic rings. The number of aliphatic carboxylic acids is 1. The van der Waals surface area contributed by atoms with E-state index in [1.54, 1.807) is 0 Å². The van der Waals surface area contributed by atoms with E-state index < -0.39 is 11.4 Å². The van der Waals surface area contributed by atoms with Crippen LogP contribution in [0.15, 0.2) is 18.2 Å². The molecule has 0 spiro atoms. The lowest BCUT2D eigenvalue weighted by Crippen LogP contribution is -2.29. The van der Waals surface area contributed by atoms with Crippen molar-refractivity contribution in [1.29, 1.82) is 0 Å². The monoisotopic (exact) mass is 220 g/mol. The average molecular weight is 220 g/mol. The minimum atomic E-state index is -0.712. The summed E-state index contributed by atoms with van der Waals surface area (Å²) in [6, 6.07) is 6.08. The second kappa shape index (κ2) is 4.69. The van der Waals surface area contributed by atoms with E-state index >= 15 is 0 Å². The average Bonchev–Trinajstić information content (AvgIpc) is 2.24. The van der Waals surface area contributed by atoms with Crippen molar-refractivity contribution >= 4 is 5.97 Å². The Labute approximate surface area is 97.3 Å². The van der Waals surface area contributed by atoms with Gasteiger partial charge in [0.25, 0.3) is 0 Å². The number of benzene rings is 1. The Hall–Kier alpha value is -1.31. The maximum absolute atomic E-state index is 11.3. The van der Waals surface area contributed by atoms with E-state index in [0.717, 1.165) is 5.56 Å². The summed E-state index contributed by atoms with van der Waals surface area (Å²) in [4.78, 5) is 11.3. The van der Waals surface area contributed by atoms with Crippen molar-refractivity contribution in [2.24, 2.45) is 5.41 Å². The first-order valence-electron chi connectivity index (χ1n) is 5.69. The molecular formula is C14H20O2. The zero-order valence-electron chi connectivity index (χ0n) is 10.5. The number of aryl methyl sites for hydroxylation is 1. The minimum Gasteiger partial charge on any atom is -0.481 e. The van der Waals surface area contributed by atoms with Crippen LogP contribution >= 0.6 is 0 Å². The fourth-order valence-corrected chi connectivity index (χ4v) is 1.78. The summed E-state index contributed by atoms with van der Waals surface area (Å²) in [5.74, 6) is -0.712. The first-order chi connectivity index (χ1) is 7.40. The van der Waals surface area contributed by atoms with Gasteiger partial charge in [-0.25, -0.2) is 0 Å². The minimum absolute atomic E-state index is 0.604. The van der Waals surface area contributed by atoms with Crippen molar-refractivity contribution in [2.45, 2.75) is 40.5 Å². The Bertz CT molecular complexity index is 396. The van der Waals surface area contributed by atoms with Gasteiger partial charge >= 0.3 is 5.97 Å². The van der Waals surface area contributed by atoms with E-state index in [9.17, 15) is 9.90 Å². The Morgan fingerprint density at radius 3 is 2.50 bits per heavy atom. The highest BCUT2D eigenvalue weighted by Gasteiger charge is 2.31. The topological polar surface area (TPSA) is 37.3 Å². The van der Waals surface area contributed by atoms with Gasteiger partial charge in [0, 0.05) is 0 Å². The first kappa shape index (κ1) is 12.8. The lowest BCUT2D eigenvalue weighted by Gasteiger charge is -2.24. The van der Waals surface area contributed by atoms with Crippen LogP contribution < -0.4 is 0 Å². The second-order valence-corrected chi connectivity index (χ2v) is 4.76. The zero-order valence-corrected chi connectivity index (χ0v) is 10.5. The third-order valence-corrected chi connectivity index (χ3v) is 3.59. The van der Waals surface area contributed by atoms with Gasteiger partial charge in [0.05, 0.1) is 5.41 Å². The molecule has 0 fully saturated rings. The predicted octanol–water partition coefficient (Wildman–Crippen LogP) is 3.35. The normalized spacial score (nSPS) is 14.5. The van der Waals surface area contributed by atoms with Crippen LogP contribution in [0.5, 0.6) is 0 Å². The highest BCUT2D eigenvalue weighted by Crippen LogP contribution is 2.28. The summed E-state index contributed by atoms with van der Waals surface area (Å²) >= 11 is 0. The third-order valence-electron chi connectivity index (χ3n) is 3.59. The summed E-state index contributed by atoms with van der Waals surface area (Å²) in [6.07, 6.45) is 1.25. The molecule has 1 unspecified atom stereocenters. The molecule has 0 heterocycles. The van der Waals surface area contributed by atoms with Crippen molar-refractivity contribution in [3.05, 3.63) is 34.9 Å². The summed E-state index contributed by atoms with van der Waals surface area (Å²) in [5.41, 5.74) is 2.93. The van der Waals surface area contributed by atoms with E-state index in [1.165, 1.54) is 11.1 Å². The molecule has 0 saturated heterocycles. The smallest absolute Gasteiger partial charge is 0.309 e. The Kier molecular flexibility index (Phi) is 3.74.